The zero-order valence-corrected chi connectivity index (χ0v) is 13.0. The molecule has 0 aliphatic carbocycles. The van der Waals surface area contributed by atoms with Crippen LogP contribution in [0.2, 0.25) is 0 Å². The van der Waals surface area contributed by atoms with Gasteiger partial charge in [-0.25, -0.2) is 4.39 Å². The zero-order valence-electron chi connectivity index (χ0n) is 13.0. The van der Waals surface area contributed by atoms with E-state index in [1.54, 1.807) is 17.0 Å². The molecule has 0 radical (unpaired) electrons. The van der Waals surface area contributed by atoms with E-state index in [9.17, 15) is 14.3 Å². The molecular weight excluding hydrogens is 295 g/mol. The highest BCUT2D eigenvalue weighted by molar-refractivity contribution is 5.76. The van der Waals surface area contributed by atoms with Crippen LogP contribution in [-0.2, 0) is 4.79 Å². The Bertz CT molecular complexity index is 648. The molecule has 0 fully saturated rings. The van der Waals surface area contributed by atoms with E-state index in [0.29, 0.717) is 0 Å². The number of carbonyl (C=O) groups excluding carboxylic acids is 1. The Morgan fingerprint density at radius 1 is 1.17 bits per heavy atom. The number of halogens is 1. The SMILES string of the molecule is C[C@H](c1ccccc1)N(CC(N)=O)CC(O)c1ccccc1F. The molecule has 0 bridgehead atoms. The van der Waals surface area contributed by atoms with Crippen molar-refractivity contribution in [1.29, 1.82) is 0 Å². The number of nitrogens with two attached hydrogens (primary N) is 1. The quantitative estimate of drug-likeness (QED) is 0.824. The third kappa shape index (κ3) is 4.61. The molecule has 2 aromatic rings. The molecule has 0 aromatic heterocycles. The van der Waals surface area contributed by atoms with Crippen LogP contribution < -0.4 is 5.73 Å². The van der Waals surface area contributed by atoms with Crippen LogP contribution in [0.1, 0.15) is 30.2 Å². The van der Waals surface area contributed by atoms with E-state index in [-0.39, 0.29) is 24.7 Å². The van der Waals surface area contributed by atoms with Gasteiger partial charge >= 0.3 is 0 Å². The minimum absolute atomic E-state index is 0.0123. The maximum Gasteiger partial charge on any atom is 0.231 e. The fourth-order valence-electron chi connectivity index (χ4n) is 2.57. The first-order chi connectivity index (χ1) is 11.0. The van der Waals surface area contributed by atoms with Gasteiger partial charge in [0.15, 0.2) is 0 Å². The van der Waals surface area contributed by atoms with E-state index < -0.39 is 17.8 Å². The van der Waals surface area contributed by atoms with E-state index in [4.69, 9.17) is 5.73 Å². The molecule has 0 aliphatic heterocycles. The van der Waals surface area contributed by atoms with Crippen LogP contribution in [0, 0.1) is 5.82 Å². The largest absolute Gasteiger partial charge is 0.387 e. The maximum absolute atomic E-state index is 13.8. The lowest BCUT2D eigenvalue weighted by Gasteiger charge is -2.30. The highest BCUT2D eigenvalue weighted by Gasteiger charge is 2.22. The minimum atomic E-state index is -1.04. The monoisotopic (exact) mass is 316 g/mol. The second kappa shape index (κ2) is 7.85. The Balaban J connectivity index is 2.18. The van der Waals surface area contributed by atoms with Crippen molar-refractivity contribution >= 4 is 5.91 Å². The zero-order chi connectivity index (χ0) is 16.8. The minimum Gasteiger partial charge on any atom is -0.387 e. The van der Waals surface area contributed by atoms with Crippen molar-refractivity contribution in [3.05, 3.63) is 71.5 Å². The highest BCUT2D eigenvalue weighted by Crippen LogP contribution is 2.24. The summed E-state index contributed by atoms with van der Waals surface area (Å²) < 4.78 is 13.8. The van der Waals surface area contributed by atoms with Crippen molar-refractivity contribution in [3.8, 4) is 0 Å². The number of rotatable bonds is 7. The molecule has 122 valence electrons. The Hall–Kier alpha value is -2.24. The summed E-state index contributed by atoms with van der Waals surface area (Å²) in [6.45, 7) is 2.02. The number of hydrogen-bond acceptors (Lipinski definition) is 3. The number of primary amides is 1. The van der Waals surface area contributed by atoms with E-state index in [1.807, 2.05) is 37.3 Å². The molecule has 0 aliphatic rings. The lowest BCUT2D eigenvalue weighted by molar-refractivity contribution is -0.120. The van der Waals surface area contributed by atoms with E-state index in [2.05, 4.69) is 0 Å². The molecule has 4 nitrogen and oxygen atoms in total. The van der Waals surface area contributed by atoms with Crippen LogP contribution in [-0.4, -0.2) is 29.0 Å². The van der Waals surface area contributed by atoms with E-state index in [0.717, 1.165) is 5.56 Å². The number of aliphatic hydroxyl groups is 1. The van der Waals surface area contributed by atoms with Gasteiger partial charge in [0.25, 0.3) is 0 Å². The maximum atomic E-state index is 13.8. The number of benzene rings is 2. The number of carbonyl (C=O) groups is 1. The first-order valence-corrected chi connectivity index (χ1v) is 7.49. The number of aliphatic hydroxyl groups excluding tert-OH is 1. The van der Waals surface area contributed by atoms with Crippen molar-refractivity contribution < 1.29 is 14.3 Å². The Morgan fingerprint density at radius 2 is 1.78 bits per heavy atom. The molecule has 1 unspecified atom stereocenters. The molecule has 2 aromatic carbocycles. The Morgan fingerprint density at radius 3 is 2.39 bits per heavy atom. The number of hydrogen-bond donors (Lipinski definition) is 2. The van der Waals surface area contributed by atoms with Gasteiger partial charge in [-0.1, -0.05) is 48.5 Å². The molecule has 3 N–H and O–H groups in total. The van der Waals surface area contributed by atoms with Gasteiger partial charge < -0.3 is 10.8 Å². The molecule has 5 heteroatoms. The normalized spacial score (nSPS) is 13.7. The molecule has 23 heavy (non-hydrogen) atoms. The molecule has 0 heterocycles. The summed E-state index contributed by atoms with van der Waals surface area (Å²) in [6, 6.07) is 15.5. The van der Waals surface area contributed by atoms with Gasteiger partial charge in [0.1, 0.15) is 5.82 Å². The third-order valence-electron chi connectivity index (χ3n) is 3.86. The molecule has 0 spiro atoms. The molecule has 2 atom stereocenters. The van der Waals surface area contributed by atoms with Crippen molar-refractivity contribution in [1.82, 2.24) is 4.90 Å². The van der Waals surface area contributed by atoms with Crippen molar-refractivity contribution in [2.45, 2.75) is 19.1 Å². The predicted molar refractivity (Wildman–Crippen MR) is 87.0 cm³/mol. The first kappa shape index (κ1) is 17.1. The average molecular weight is 316 g/mol. The average Bonchev–Trinajstić information content (AvgIpc) is 2.54. The van der Waals surface area contributed by atoms with Crippen LogP contribution in [0.5, 0.6) is 0 Å². The van der Waals surface area contributed by atoms with Crippen LogP contribution in [0.15, 0.2) is 54.6 Å². The van der Waals surface area contributed by atoms with Gasteiger partial charge in [0, 0.05) is 18.2 Å². The second-order valence-corrected chi connectivity index (χ2v) is 5.52. The van der Waals surface area contributed by atoms with Crippen molar-refractivity contribution in [2.24, 2.45) is 5.73 Å². The van der Waals surface area contributed by atoms with Crippen molar-refractivity contribution in [2.75, 3.05) is 13.1 Å². The molecule has 0 saturated heterocycles. The van der Waals surface area contributed by atoms with Gasteiger partial charge in [0.2, 0.25) is 5.91 Å². The molecule has 0 saturated carbocycles. The summed E-state index contributed by atoms with van der Waals surface area (Å²) in [4.78, 5) is 13.1. The van der Waals surface area contributed by atoms with Crippen molar-refractivity contribution in [3.63, 3.8) is 0 Å². The number of amides is 1. The fourth-order valence-corrected chi connectivity index (χ4v) is 2.57. The Labute approximate surface area is 135 Å². The highest BCUT2D eigenvalue weighted by atomic mass is 19.1. The van der Waals surface area contributed by atoms with E-state index in [1.165, 1.54) is 12.1 Å². The van der Waals surface area contributed by atoms with E-state index >= 15 is 0 Å². The molecule has 1 amide bonds. The standard InChI is InChI=1S/C18H21FN2O2/c1-13(14-7-3-2-4-8-14)21(12-18(20)23)11-17(22)15-9-5-6-10-16(15)19/h2-10,13,17,22H,11-12H2,1H3,(H2,20,23)/t13-,17?/m1/s1. The van der Waals surface area contributed by atoms with Crippen LogP contribution >= 0.6 is 0 Å². The molecular formula is C18H21FN2O2. The third-order valence-corrected chi connectivity index (χ3v) is 3.86. The smallest absolute Gasteiger partial charge is 0.231 e. The Kier molecular flexibility index (Phi) is 5.84. The topological polar surface area (TPSA) is 66.6 Å². The second-order valence-electron chi connectivity index (χ2n) is 5.52. The van der Waals surface area contributed by atoms with Gasteiger partial charge in [-0.3, -0.25) is 9.69 Å². The fraction of sp³-hybridized carbons (Fsp3) is 0.278. The summed E-state index contributed by atoms with van der Waals surface area (Å²) >= 11 is 0. The van der Waals surface area contributed by atoms with Crippen LogP contribution in [0.4, 0.5) is 4.39 Å². The summed E-state index contributed by atoms with van der Waals surface area (Å²) in [5, 5.41) is 10.3. The van der Waals surface area contributed by atoms with Gasteiger partial charge in [-0.05, 0) is 18.6 Å². The summed E-state index contributed by atoms with van der Waals surface area (Å²) in [6.07, 6.45) is -1.04. The van der Waals surface area contributed by atoms with Gasteiger partial charge in [-0.2, -0.15) is 0 Å². The number of nitrogens with zero attached hydrogens (tertiary/aromatic N) is 1. The molecule has 2 rings (SSSR count). The lowest BCUT2D eigenvalue weighted by atomic mass is 10.0. The summed E-state index contributed by atoms with van der Waals surface area (Å²) in [7, 11) is 0. The van der Waals surface area contributed by atoms with Gasteiger partial charge in [0.05, 0.1) is 12.6 Å². The van der Waals surface area contributed by atoms with Gasteiger partial charge in [-0.15, -0.1) is 0 Å². The lowest BCUT2D eigenvalue weighted by Crippen LogP contribution is -2.38. The first-order valence-electron chi connectivity index (χ1n) is 7.49. The summed E-state index contributed by atoms with van der Waals surface area (Å²) in [5.74, 6) is -0.958. The van der Waals surface area contributed by atoms with Crippen LogP contribution in [0.3, 0.4) is 0 Å². The van der Waals surface area contributed by atoms with Crippen LogP contribution in [0.25, 0.3) is 0 Å². The summed E-state index contributed by atoms with van der Waals surface area (Å²) in [5.41, 5.74) is 6.52. The predicted octanol–water partition coefficient (Wildman–Crippen LogP) is 2.41.